The van der Waals surface area contributed by atoms with E-state index in [-0.39, 0.29) is 0 Å². The maximum absolute atomic E-state index is 10.9. The van der Waals surface area contributed by atoms with Gasteiger partial charge in [-0.3, -0.25) is 4.90 Å². The van der Waals surface area contributed by atoms with Crippen LogP contribution in [-0.2, 0) is 6.54 Å². The molecule has 1 aromatic heterocycles. The van der Waals surface area contributed by atoms with Gasteiger partial charge in [0.25, 0.3) is 0 Å². The Bertz CT molecular complexity index is 602. The molecule has 3 rings (SSSR count). The molecule has 4 heteroatoms. The van der Waals surface area contributed by atoms with Crippen molar-refractivity contribution < 1.29 is 9.90 Å². The van der Waals surface area contributed by atoms with E-state index >= 15 is 0 Å². The summed E-state index contributed by atoms with van der Waals surface area (Å²) < 4.78 is 0. The van der Waals surface area contributed by atoms with E-state index < -0.39 is 5.97 Å². The smallest absolute Gasteiger partial charge is 0.335 e. The monoisotopic (exact) mass is 301 g/mol. The van der Waals surface area contributed by atoms with E-state index in [9.17, 15) is 4.79 Å². The van der Waals surface area contributed by atoms with Gasteiger partial charge in [0.2, 0.25) is 0 Å². The van der Waals surface area contributed by atoms with E-state index in [0.29, 0.717) is 11.6 Å². The molecule has 1 saturated carbocycles. The highest BCUT2D eigenvalue weighted by Crippen LogP contribution is 2.45. The van der Waals surface area contributed by atoms with Crippen LogP contribution in [0, 0.1) is 5.92 Å². The molecular formula is C17H19NO2S. The molecule has 1 fully saturated rings. The fraction of sp³-hybridized carbons (Fsp3) is 0.353. The topological polar surface area (TPSA) is 40.5 Å². The van der Waals surface area contributed by atoms with Gasteiger partial charge in [-0.05, 0) is 54.9 Å². The predicted molar refractivity (Wildman–Crippen MR) is 84.7 cm³/mol. The average molecular weight is 301 g/mol. The number of rotatable bonds is 6. The Balaban J connectivity index is 1.72. The molecule has 1 aromatic carbocycles. The highest BCUT2D eigenvalue weighted by atomic mass is 32.1. The van der Waals surface area contributed by atoms with Crippen LogP contribution in [-0.4, -0.2) is 23.0 Å². The van der Waals surface area contributed by atoms with Crippen LogP contribution in [0.15, 0.2) is 41.8 Å². The zero-order chi connectivity index (χ0) is 14.8. The van der Waals surface area contributed by atoms with Gasteiger partial charge in [-0.25, -0.2) is 4.79 Å². The highest BCUT2D eigenvalue weighted by molar-refractivity contribution is 7.10. The zero-order valence-electron chi connectivity index (χ0n) is 12.0. The Morgan fingerprint density at radius 3 is 2.57 bits per heavy atom. The first-order valence-corrected chi connectivity index (χ1v) is 8.09. The number of carbonyl (C=O) groups is 1. The molecule has 0 saturated heterocycles. The van der Waals surface area contributed by atoms with Crippen LogP contribution < -0.4 is 0 Å². The summed E-state index contributed by atoms with van der Waals surface area (Å²) in [4.78, 5) is 14.7. The molecular weight excluding hydrogens is 282 g/mol. The van der Waals surface area contributed by atoms with Crippen molar-refractivity contribution in [2.45, 2.75) is 25.4 Å². The van der Waals surface area contributed by atoms with Gasteiger partial charge in [0.1, 0.15) is 0 Å². The van der Waals surface area contributed by atoms with Crippen molar-refractivity contribution in [1.82, 2.24) is 4.90 Å². The third-order valence-electron chi connectivity index (χ3n) is 4.01. The van der Waals surface area contributed by atoms with E-state index in [1.807, 2.05) is 23.5 Å². The van der Waals surface area contributed by atoms with Crippen molar-refractivity contribution in [3.05, 3.63) is 57.8 Å². The van der Waals surface area contributed by atoms with Crippen LogP contribution in [0.3, 0.4) is 0 Å². The van der Waals surface area contributed by atoms with Crippen LogP contribution in [0.25, 0.3) is 0 Å². The van der Waals surface area contributed by atoms with E-state index in [1.54, 1.807) is 12.1 Å². The quantitative estimate of drug-likeness (QED) is 0.875. The third kappa shape index (κ3) is 3.34. The fourth-order valence-electron chi connectivity index (χ4n) is 2.82. The van der Waals surface area contributed by atoms with Crippen LogP contribution in [0.4, 0.5) is 0 Å². The summed E-state index contributed by atoms with van der Waals surface area (Å²) in [7, 11) is 2.16. The van der Waals surface area contributed by atoms with Gasteiger partial charge in [0.05, 0.1) is 5.56 Å². The Morgan fingerprint density at radius 2 is 2.05 bits per heavy atom. The minimum absolute atomic E-state index is 0.346. The standard InChI is InChI=1S/C17H19NO2S/c1-18(11-12-4-6-14(7-5-12)17(19)20)16(13-8-9-13)15-3-2-10-21-15/h2-7,10,13,16H,8-9,11H2,1H3,(H,19,20). The van der Waals surface area contributed by atoms with Crippen LogP contribution in [0.5, 0.6) is 0 Å². The highest BCUT2D eigenvalue weighted by Gasteiger charge is 2.35. The molecule has 0 spiro atoms. The lowest BCUT2D eigenvalue weighted by Crippen LogP contribution is -2.25. The number of carboxylic acid groups (broad SMARTS) is 1. The van der Waals surface area contributed by atoms with Gasteiger partial charge in [-0.15, -0.1) is 11.3 Å². The molecule has 1 atom stereocenters. The van der Waals surface area contributed by atoms with E-state index in [2.05, 4.69) is 29.5 Å². The summed E-state index contributed by atoms with van der Waals surface area (Å²) in [5.74, 6) is -0.101. The summed E-state index contributed by atoms with van der Waals surface area (Å²) in [6, 6.07) is 12.0. The van der Waals surface area contributed by atoms with Crippen molar-refractivity contribution in [2.24, 2.45) is 5.92 Å². The van der Waals surface area contributed by atoms with Crippen molar-refractivity contribution in [3.8, 4) is 0 Å². The lowest BCUT2D eigenvalue weighted by Gasteiger charge is -2.27. The molecule has 1 heterocycles. The molecule has 0 aliphatic heterocycles. The first kappa shape index (κ1) is 14.3. The number of hydrogen-bond donors (Lipinski definition) is 1. The lowest BCUT2D eigenvalue weighted by atomic mass is 10.1. The second kappa shape index (κ2) is 6.00. The van der Waals surface area contributed by atoms with E-state index in [4.69, 9.17) is 5.11 Å². The van der Waals surface area contributed by atoms with Gasteiger partial charge in [0, 0.05) is 17.5 Å². The molecule has 1 unspecified atom stereocenters. The maximum atomic E-state index is 10.9. The molecule has 1 N–H and O–H groups in total. The molecule has 1 aliphatic rings. The summed E-state index contributed by atoms with van der Waals surface area (Å²) in [6.45, 7) is 0.846. The summed E-state index contributed by atoms with van der Waals surface area (Å²) in [6.07, 6.45) is 2.62. The van der Waals surface area contributed by atoms with Gasteiger partial charge in [-0.2, -0.15) is 0 Å². The van der Waals surface area contributed by atoms with Crippen LogP contribution >= 0.6 is 11.3 Å². The molecule has 0 amide bonds. The summed E-state index contributed by atoms with van der Waals surface area (Å²) in [5, 5.41) is 11.1. The molecule has 3 nitrogen and oxygen atoms in total. The molecule has 0 radical (unpaired) electrons. The van der Waals surface area contributed by atoms with Crippen molar-refractivity contribution in [3.63, 3.8) is 0 Å². The van der Waals surface area contributed by atoms with Crippen molar-refractivity contribution in [1.29, 1.82) is 0 Å². The van der Waals surface area contributed by atoms with Crippen molar-refractivity contribution in [2.75, 3.05) is 7.05 Å². The SMILES string of the molecule is CN(Cc1ccc(C(=O)O)cc1)C(c1cccs1)C1CC1. The number of nitrogens with zero attached hydrogens (tertiary/aromatic N) is 1. The summed E-state index contributed by atoms with van der Waals surface area (Å²) in [5.41, 5.74) is 1.50. The number of benzene rings is 1. The van der Waals surface area contributed by atoms with Gasteiger partial charge >= 0.3 is 5.97 Å². The van der Waals surface area contributed by atoms with Gasteiger partial charge in [-0.1, -0.05) is 18.2 Å². The maximum Gasteiger partial charge on any atom is 0.335 e. The first-order chi connectivity index (χ1) is 10.1. The van der Waals surface area contributed by atoms with Gasteiger partial charge < -0.3 is 5.11 Å². The van der Waals surface area contributed by atoms with Crippen LogP contribution in [0.1, 0.15) is 39.7 Å². The van der Waals surface area contributed by atoms with Crippen LogP contribution in [0.2, 0.25) is 0 Å². The minimum atomic E-state index is -0.871. The Hall–Kier alpha value is -1.65. The fourth-order valence-corrected chi connectivity index (χ4v) is 3.80. The van der Waals surface area contributed by atoms with E-state index in [1.165, 1.54) is 17.7 Å². The predicted octanol–water partition coefficient (Wildman–Crippen LogP) is 4.03. The minimum Gasteiger partial charge on any atom is -0.478 e. The Kier molecular flexibility index (Phi) is 4.08. The second-order valence-electron chi connectivity index (χ2n) is 5.71. The Labute approximate surface area is 128 Å². The molecule has 110 valence electrons. The Morgan fingerprint density at radius 1 is 1.33 bits per heavy atom. The third-order valence-corrected chi connectivity index (χ3v) is 4.95. The number of carboxylic acids is 1. The number of hydrogen-bond acceptors (Lipinski definition) is 3. The number of aromatic carboxylic acids is 1. The van der Waals surface area contributed by atoms with Gasteiger partial charge in [0.15, 0.2) is 0 Å². The largest absolute Gasteiger partial charge is 0.478 e. The second-order valence-corrected chi connectivity index (χ2v) is 6.69. The first-order valence-electron chi connectivity index (χ1n) is 7.21. The number of thiophene rings is 1. The normalized spacial score (nSPS) is 16.1. The molecule has 21 heavy (non-hydrogen) atoms. The average Bonchev–Trinajstić information content (AvgIpc) is 3.14. The molecule has 1 aliphatic carbocycles. The summed E-state index contributed by atoms with van der Waals surface area (Å²) >= 11 is 1.83. The van der Waals surface area contributed by atoms with E-state index in [0.717, 1.165) is 18.0 Å². The molecule has 0 bridgehead atoms. The molecule has 2 aromatic rings. The van der Waals surface area contributed by atoms with Crippen molar-refractivity contribution >= 4 is 17.3 Å². The lowest BCUT2D eigenvalue weighted by molar-refractivity contribution is 0.0697. The zero-order valence-corrected chi connectivity index (χ0v) is 12.8.